The Labute approximate surface area is 307 Å². The second kappa shape index (κ2) is 14.3. The van der Waals surface area contributed by atoms with Gasteiger partial charge in [0.15, 0.2) is 33.9 Å². The van der Waals surface area contributed by atoms with Crippen molar-refractivity contribution in [2.24, 2.45) is 0 Å². The number of hydrogen-bond acceptors (Lipinski definition) is 12. The number of esters is 2. The molecule has 0 aromatic heterocycles. The molecule has 274 valence electrons. The van der Waals surface area contributed by atoms with Crippen LogP contribution < -0.4 is 29.8 Å². The van der Waals surface area contributed by atoms with Crippen LogP contribution in [0.3, 0.4) is 0 Å². The van der Waals surface area contributed by atoms with Crippen molar-refractivity contribution in [3.8, 4) is 34.5 Å². The highest BCUT2D eigenvalue weighted by Crippen LogP contribution is 2.55. The number of phenols is 2. The van der Waals surface area contributed by atoms with Crippen molar-refractivity contribution in [3.05, 3.63) is 115 Å². The Morgan fingerprint density at radius 2 is 0.870 bits per heavy atom. The lowest BCUT2D eigenvalue weighted by Gasteiger charge is -2.25. The van der Waals surface area contributed by atoms with Crippen LogP contribution in [-0.4, -0.2) is 63.8 Å². The molecule has 0 spiro atoms. The van der Waals surface area contributed by atoms with E-state index in [0.717, 1.165) is 0 Å². The molecule has 54 heavy (non-hydrogen) atoms. The number of phenolic OH excluding ortho intramolecular Hbond substituents is 2. The summed E-state index contributed by atoms with van der Waals surface area (Å²) in [6.07, 6.45) is -0.0792. The topological polar surface area (TPSA) is 164 Å². The van der Waals surface area contributed by atoms with E-state index < -0.39 is 34.3 Å². The number of rotatable bonds is 12. The SMILES string of the molecule is COc1c(O)c2c(=O)cc(OC)c3c4c(OC)cc(=O)c5c(O)c(OC)c(CCOC(=O)c6ccccc6)c(c(c1CCOC(=O)c1ccccc1)c23)c54. The molecule has 0 fully saturated rings. The highest BCUT2D eigenvalue weighted by molar-refractivity contribution is 6.38. The largest absolute Gasteiger partial charge is 0.504 e. The molecule has 0 aliphatic rings. The van der Waals surface area contributed by atoms with Crippen molar-refractivity contribution in [1.82, 2.24) is 0 Å². The first kappa shape index (κ1) is 35.6. The molecule has 7 aromatic carbocycles. The van der Waals surface area contributed by atoms with Gasteiger partial charge in [0.05, 0.1) is 63.6 Å². The summed E-state index contributed by atoms with van der Waals surface area (Å²) in [6, 6.07) is 19.3. The van der Waals surface area contributed by atoms with E-state index in [2.05, 4.69) is 0 Å². The molecule has 7 aromatic rings. The number of ether oxygens (including phenoxy) is 6. The molecule has 0 atom stereocenters. The Balaban J connectivity index is 1.60. The normalized spacial score (nSPS) is 11.3. The van der Waals surface area contributed by atoms with E-state index in [-0.39, 0.29) is 70.6 Å². The summed E-state index contributed by atoms with van der Waals surface area (Å²) >= 11 is 0. The van der Waals surface area contributed by atoms with Crippen molar-refractivity contribution in [3.63, 3.8) is 0 Å². The molecular formula is C42H34O12. The van der Waals surface area contributed by atoms with Crippen LogP contribution in [0.4, 0.5) is 0 Å². The number of carbonyl (C=O) groups is 2. The van der Waals surface area contributed by atoms with Gasteiger partial charge in [-0.05, 0) is 35.0 Å². The van der Waals surface area contributed by atoms with E-state index in [9.17, 15) is 29.4 Å². The summed E-state index contributed by atoms with van der Waals surface area (Å²) in [4.78, 5) is 53.8. The van der Waals surface area contributed by atoms with E-state index in [1.54, 1.807) is 60.7 Å². The molecule has 0 aliphatic carbocycles. The fraction of sp³-hybridized carbons (Fsp3) is 0.190. The Kier molecular flexibility index (Phi) is 9.42. The molecule has 0 aliphatic heterocycles. The van der Waals surface area contributed by atoms with Crippen LogP contribution in [0.2, 0.25) is 0 Å². The summed E-state index contributed by atoms with van der Waals surface area (Å²) in [5.74, 6) is -2.02. The lowest BCUT2D eigenvalue weighted by atomic mass is 9.82. The highest BCUT2D eigenvalue weighted by Gasteiger charge is 2.32. The van der Waals surface area contributed by atoms with Gasteiger partial charge in [-0.1, -0.05) is 36.4 Å². The minimum absolute atomic E-state index is 0.0396. The minimum atomic E-state index is -0.590. The molecule has 0 heterocycles. The lowest BCUT2D eigenvalue weighted by molar-refractivity contribution is 0.0499. The molecule has 0 radical (unpaired) electrons. The number of hydrogen-bond donors (Lipinski definition) is 2. The average Bonchev–Trinajstić information content (AvgIpc) is 3.19. The first-order chi connectivity index (χ1) is 26.2. The zero-order chi connectivity index (χ0) is 38.3. The van der Waals surface area contributed by atoms with Gasteiger partial charge < -0.3 is 38.6 Å². The van der Waals surface area contributed by atoms with Gasteiger partial charge in [-0.2, -0.15) is 0 Å². The summed E-state index contributed by atoms with van der Waals surface area (Å²) in [5.41, 5.74) is 0.110. The van der Waals surface area contributed by atoms with Gasteiger partial charge in [0.2, 0.25) is 0 Å². The van der Waals surface area contributed by atoms with E-state index >= 15 is 0 Å². The van der Waals surface area contributed by atoms with Gasteiger partial charge in [0, 0.05) is 57.6 Å². The molecule has 12 nitrogen and oxygen atoms in total. The van der Waals surface area contributed by atoms with Gasteiger partial charge in [-0.15, -0.1) is 0 Å². The monoisotopic (exact) mass is 730 g/mol. The van der Waals surface area contributed by atoms with Crippen molar-refractivity contribution in [1.29, 1.82) is 0 Å². The Morgan fingerprint density at radius 3 is 1.20 bits per heavy atom. The van der Waals surface area contributed by atoms with E-state index in [4.69, 9.17) is 28.4 Å². The molecule has 0 amide bonds. The summed E-state index contributed by atoms with van der Waals surface area (Å²) in [5, 5.41) is 25.1. The number of carbonyl (C=O) groups excluding carboxylic acids is 2. The smallest absolute Gasteiger partial charge is 0.338 e. The summed E-state index contributed by atoms with van der Waals surface area (Å²) in [6.45, 7) is -0.378. The molecule has 12 heteroatoms. The maximum atomic E-state index is 13.9. The zero-order valence-electron chi connectivity index (χ0n) is 29.7. The van der Waals surface area contributed by atoms with E-state index in [0.29, 0.717) is 43.8 Å². The number of methoxy groups -OCH3 is 4. The van der Waals surface area contributed by atoms with Crippen LogP contribution >= 0.6 is 0 Å². The number of fused-ring (bicyclic) bond motifs is 2. The number of benzene rings is 7. The third-order valence-corrected chi connectivity index (χ3v) is 9.60. The average molecular weight is 731 g/mol. The van der Waals surface area contributed by atoms with Crippen molar-refractivity contribution >= 4 is 55.0 Å². The Bertz CT molecular complexity index is 2510. The van der Waals surface area contributed by atoms with Crippen LogP contribution in [-0.2, 0) is 22.3 Å². The van der Waals surface area contributed by atoms with Gasteiger partial charge in [-0.25, -0.2) is 9.59 Å². The molecule has 0 saturated carbocycles. The standard InChI is InChI=1S/C42H34O12/c1-49-27-19-25(43)31-35-29(23(39(51-3)37(31)45)15-17-53-41(47)21-11-7-5-8-12-21)30-24(16-18-54-42(48)22-13-9-6-10-14-22)40(52-4)38(46)32-26(44)20-28(50-2)34(33(27)35)36(30)32/h5-14,19-20,45-46H,15-18H2,1-4H3. The third-order valence-electron chi connectivity index (χ3n) is 9.60. The summed E-state index contributed by atoms with van der Waals surface area (Å²) in [7, 11) is 5.41. The van der Waals surface area contributed by atoms with E-state index in [1.165, 1.54) is 40.6 Å². The Morgan fingerprint density at radius 1 is 0.500 bits per heavy atom. The second-order valence-corrected chi connectivity index (χ2v) is 12.4. The highest BCUT2D eigenvalue weighted by atomic mass is 16.5. The predicted molar refractivity (Wildman–Crippen MR) is 202 cm³/mol. The molecule has 0 unspecified atom stereocenters. The minimum Gasteiger partial charge on any atom is -0.504 e. The van der Waals surface area contributed by atoms with Gasteiger partial charge >= 0.3 is 11.9 Å². The van der Waals surface area contributed by atoms with Crippen molar-refractivity contribution in [2.45, 2.75) is 12.8 Å². The molecular weight excluding hydrogens is 696 g/mol. The van der Waals surface area contributed by atoms with Crippen LogP contribution in [0.1, 0.15) is 31.8 Å². The zero-order valence-corrected chi connectivity index (χ0v) is 29.7. The fourth-order valence-electron chi connectivity index (χ4n) is 7.38. The quantitative estimate of drug-likeness (QED) is 0.0840. The lowest BCUT2D eigenvalue weighted by Crippen LogP contribution is -2.13. The van der Waals surface area contributed by atoms with Gasteiger partial charge in [0.25, 0.3) is 0 Å². The number of aromatic hydroxyl groups is 2. The van der Waals surface area contributed by atoms with Crippen LogP contribution in [0.15, 0.2) is 82.4 Å². The summed E-state index contributed by atoms with van der Waals surface area (Å²) < 4.78 is 34.4. The molecule has 0 bridgehead atoms. The maximum Gasteiger partial charge on any atom is 0.338 e. The van der Waals surface area contributed by atoms with Crippen molar-refractivity contribution in [2.75, 3.05) is 41.7 Å². The fourth-order valence-corrected chi connectivity index (χ4v) is 7.38. The van der Waals surface area contributed by atoms with Crippen molar-refractivity contribution < 1.29 is 48.2 Å². The van der Waals surface area contributed by atoms with Crippen LogP contribution in [0.25, 0.3) is 43.1 Å². The molecule has 0 saturated heterocycles. The van der Waals surface area contributed by atoms with Crippen LogP contribution in [0.5, 0.6) is 34.5 Å². The first-order valence-corrected chi connectivity index (χ1v) is 16.9. The van der Waals surface area contributed by atoms with Crippen LogP contribution in [0, 0.1) is 0 Å². The van der Waals surface area contributed by atoms with E-state index in [1.807, 2.05) is 0 Å². The predicted octanol–water partition coefficient (Wildman–Crippen LogP) is 6.14. The molecule has 2 N–H and O–H groups in total. The van der Waals surface area contributed by atoms with Gasteiger partial charge in [0.1, 0.15) is 11.5 Å². The molecule has 7 rings (SSSR count). The Hall–Kier alpha value is -6.82. The van der Waals surface area contributed by atoms with Gasteiger partial charge in [-0.3, -0.25) is 9.59 Å². The third kappa shape index (κ3) is 5.63. The maximum absolute atomic E-state index is 13.9. The second-order valence-electron chi connectivity index (χ2n) is 12.4. The first-order valence-electron chi connectivity index (χ1n) is 16.9.